The Balaban J connectivity index is 1.40. The number of hydrogen-bond donors (Lipinski definition) is 3. The van der Waals surface area contributed by atoms with Crippen LogP contribution < -0.4 is 16.0 Å². The van der Waals surface area contributed by atoms with Crippen molar-refractivity contribution in [3.05, 3.63) is 65.7 Å². The molecule has 1 saturated carbocycles. The smallest absolute Gasteiger partial charge is 0.319 e. The fourth-order valence-corrected chi connectivity index (χ4v) is 5.16. The van der Waals surface area contributed by atoms with Gasteiger partial charge >= 0.3 is 6.03 Å². The fraction of sp³-hybridized carbons (Fsp3) is 0.444. The topological polar surface area (TPSA) is 90.5 Å². The Bertz CT molecular complexity index is 1010. The van der Waals surface area contributed by atoms with E-state index in [-0.39, 0.29) is 29.9 Å². The lowest BCUT2D eigenvalue weighted by molar-refractivity contribution is -0.125. The summed E-state index contributed by atoms with van der Waals surface area (Å²) in [5.74, 6) is 0.238. The van der Waals surface area contributed by atoms with E-state index >= 15 is 0 Å². The minimum absolute atomic E-state index is 0.0507. The highest BCUT2D eigenvalue weighted by Crippen LogP contribution is 2.40. The number of nitrogens with one attached hydrogen (secondary N) is 3. The van der Waals surface area contributed by atoms with Crippen LogP contribution in [0, 0.1) is 5.92 Å². The van der Waals surface area contributed by atoms with Crippen LogP contribution in [0.4, 0.5) is 10.5 Å². The first-order chi connectivity index (χ1) is 16.4. The maximum absolute atomic E-state index is 13.4. The zero-order valence-electron chi connectivity index (χ0n) is 19.9. The highest BCUT2D eigenvalue weighted by Gasteiger charge is 2.47. The number of urea groups is 1. The Hall–Kier alpha value is -3.35. The van der Waals surface area contributed by atoms with E-state index in [2.05, 4.69) is 16.0 Å². The maximum Gasteiger partial charge on any atom is 0.319 e. The third-order valence-electron chi connectivity index (χ3n) is 6.74. The number of rotatable bonds is 6. The average molecular weight is 463 g/mol. The Morgan fingerprint density at radius 3 is 2.38 bits per heavy atom. The molecule has 2 fully saturated rings. The van der Waals surface area contributed by atoms with Gasteiger partial charge in [0.2, 0.25) is 5.91 Å². The molecule has 0 aromatic heterocycles. The molecular weight excluding hydrogens is 428 g/mol. The van der Waals surface area contributed by atoms with Gasteiger partial charge in [-0.25, -0.2) is 4.79 Å². The van der Waals surface area contributed by atoms with Gasteiger partial charge in [0, 0.05) is 29.9 Å². The Morgan fingerprint density at radius 2 is 1.68 bits per heavy atom. The first-order valence-corrected chi connectivity index (χ1v) is 12.2. The zero-order valence-corrected chi connectivity index (χ0v) is 19.9. The Labute approximate surface area is 201 Å². The third-order valence-corrected chi connectivity index (χ3v) is 6.74. The Morgan fingerprint density at radius 1 is 0.971 bits per heavy atom. The van der Waals surface area contributed by atoms with E-state index in [0.717, 1.165) is 31.2 Å². The monoisotopic (exact) mass is 462 g/mol. The lowest BCUT2D eigenvalue weighted by Gasteiger charge is -2.33. The molecule has 0 bridgehead atoms. The largest absolute Gasteiger partial charge is 0.350 e. The van der Waals surface area contributed by atoms with Gasteiger partial charge in [0.05, 0.1) is 0 Å². The van der Waals surface area contributed by atoms with Crippen molar-refractivity contribution in [2.45, 2.75) is 70.6 Å². The number of carbonyl (C=O) groups excluding carboxylic acids is 3. The number of fused-ring (bicyclic) bond motifs is 1. The molecule has 1 saturated heterocycles. The Kier molecular flexibility index (Phi) is 7.50. The summed E-state index contributed by atoms with van der Waals surface area (Å²) in [4.78, 5) is 40.4. The van der Waals surface area contributed by atoms with Gasteiger partial charge in [-0.05, 0) is 68.9 Å². The molecule has 34 heavy (non-hydrogen) atoms. The number of benzene rings is 2. The summed E-state index contributed by atoms with van der Waals surface area (Å²) in [6.45, 7) is 4.18. The molecule has 3 unspecified atom stereocenters. The first kappa shape index (κ1) is 23.8. The van der Waals surface area contributed by atoms with Gasteiger partial charge in [0.15, 0.2) is 0 Å². The summed E-state index contributed by atoms with van der Waals surface area (Å²) in [6.07, 6.45) is 5.03. The van der Waals surface area contributed by atoms with Gasteiger partial charge in [-0.3, -0.25) is 9.59 Å². The van der Waals surface area contributed by atoms with Crippen molar-refractivity contribution in [1.82, 2.24) is 15.5 Å². The molecule has 3 atom stereocenters. The van der Waals surface area contributed by atoms with Crippen molar-refractivity contribution in [3.8, 4) is 0 Å². The minimum Gasteiger partial charge on any atom is -0.350 e. The van der Waals surface area contributed by atoms with Crippen molar-refractivity contribution < 1.29 is 14.4 Å². The van der Waals surface area contributed by atoms with Gasteiger partial charge in [0.1, 0.15) is 6.04 Å². The summed E-state index contributed by atoms with van der Waals surface area (Å²) < 4.78 is 0. The number of likely N-dealkylation sites (tertiary alicyclic amines) is 1. The van der Waals surface area contributed by atoms with Crippen molar-refractivity contribution in [3.63, 3.8) is 0 Å². The van der Waals surface area contributed by atoms with Crippen LogP contribution in [0.25, 0.3) is 0 Å². The standard InChI is InChI=1S/C27H34N4O3/c1-18(2)29-27(34)30-22-14-12-19(13-15-22)17-28-25(32)24-16-21-10-6-7-11-23(21)31(24)26(33)20-8-4-3-5-9-20/h3-5,8-9,12-15,18,21,23-24H,6-7,10-11,16-17H2,1-2H3,(H,28,32)(H2,29,30,34). The van der Waals surface area contributed by atoms with Gasteiger partial charge in [-0.1, -0.05) is 43.2 Å². The molecule has 180 valence electrons. The number of amides is 4. The molecule has 3 N–H and O–H groups in total. The number of nitrogens with zero attached hydrogens (tertiary/aromatic N) is 1. The van der Waals surface area contributed by atoms with E-state index in [9.17, 15) is 14.4 Å². The molecule has 4 rings (SSSR count). The lowest BCUT2D eigenvalue weighted by Crippen LogP contribution is -2.49. The quantitative estimate of drug-likeness (QED) is 0.598. The van der Waals surface area contributed by atoms with Crippen molar-refractivity contribution in [2.75, 3.05) is 5.32 Å². The molecule has 7 nitrogen and oxygen atoms in total. The second kappa shape index (κ2) is 10.7. The predicted molar refractivity (Wildman–Crippen MR) is 132 cm³/mol. The summed E-state index contributed by atoms with van der Waals surface area (Å²) in [5.41, 5.74) is 2.25. The SMILES string of the molecule is CC(C)NC(=O)Nc1ccc(CNC(=O)C2CC3CCCCC3N2C(=O)c2ccccc2)cc1. The summed E-state index contributed by atoms with van der Waals surface area (Å²) in [6, 6.07) is 16.2. The molecule has 2 aromatic rings. The van der Waals surface area contributed by atoms with Crippen molar-refractivity contribution >= 4 is 23.5 Å². The maximum atomic E-state index is 13.4. The second-order valence-electron chi connectivity index (χ2n) is 9.61. The van der Waals surface area contributed by atoms with Gasteiger partial charge in [-0.2, -0.15) is 0 Å². The molecule has 4 amide bonds. The number of hydrogen-bond acceptors (Lipinski definition) is 3. The van der Waals surface area contributed by atoms with Gasteiger partial charge < -0.3 is 20.9 Å². The molecular formula is C27H34N4O3. The normalized spacial score (nSPS) is 21.6. The van der Waals surface area contributed by atoms with Gasteiger partial charge in [-0.15, -0.1) is 0 Å². The second-order valence-corrected chi connectivity index (χ2v) is 9.61. The van der Waals surface area contributed by atoms with Crippen LogP contribution in [0.3, 0.4) is 0 Å². The molecule has 7 heteroatoms. The van der Waals surface area contributed by atoms with E-state index in [0.29, 0.717) is 23.7 Å². The molecule has 1 heterocycles. The van der Waals surface area contributed by atoms with E-state index in [1.807, 2.05) is 73.3 Å². The molecule has 0 spiro atoms. The third kappa shape index (κ3) is 5.58. The molecule has 0 radical (unpaired) electrons. The van der Waals surface area contributed by atoms with Crippen LogP contribution in [0.2, 0.25) is 0 Å². The summed E-state index contributed by atoms with van der Waals surface area (Å²) in [7, 11) is 0. The minimum atomic E-state index is -0.443. The fourth-order valence-electron chi connectivity index (χ4n) is 5.16. The highest BCUT2D eigenvalue weighted by atomic mass is 16.2. The van der Waals surface area contributed by atoms with Crippen molar-refractivity contribution in [2.24, 2.45) is 5.92 Å². The van der Waals surface area contributed by atoms with E-state index in [4.69, 9.17) is 0 Å². The molecule has 1 aliphatic heterocycles. The van der Waals surface area contributed by atoms with Crippen LogP contribution >= 0.6 is 0 Å². The van der Waals surface area contributed by atoms with Gasteiger partial charge in [0.25, 0.3) is 5.91 Å². The number of carbonyl (C=O) groups is 3. The van der Waals surface area contributed by atoms with Crippen LogP contribution in [-0.2, 0) is 11.3 Å². The van der Waals surface area contributed by atoms with Crippen LogP contribution in [0.15, 0.2) is 54.6 Å². The predicted octanol–water partition coefficient (Wildman–Crippen LogP) is 4.31. The number of anilines is 1. The van der Waals surface area contributed by atoms with E-state index in [1.54, 1.807) is 0 Å². The summed E-state index contributed by atoms with van der Waals surface area (Å²) >= 11 is 0. The zero-order chi connectivity index (χ0) is 24.1. The van der Waals surface area contributed by atoms with Crippen molar-refractivity contribution in [1.29, 1.82) is 0 Å². The van der Waals surface area contributed by atoms with E-state index < -0.39 is 6.04 Å². The van der Waals surface area contributed by atoms with Crippen LogP contribution in [0.1, 0.15) is 61.9 Å². The first-order valence-electron chi connectivity index (χ1n) is 12.2. The van der Waals surface area contributed by atoms with Crippen LogP contribution in [0.5, 0.6) is 0 Å². The molecule has 2 aliphatic rings. The lowest BCUT2D eigenvalue weighted by atomic mass is 9.84. The van der Waals surface area contributed by atoms with E-state index in [1.165, 1.54) is 6.42 Å². The molecule has 1 aliphatic carbocycles. The average Bonchev–Trinajstić information content (AvgIpc) is 3.22. The summed E-state index contributed by atoms with van der Waals surface area (Å²) in [5, 5.41) is 8.62. The molecule has 2 aromatic carbocycles. The highest BCUT2D eigenvalue weighted by molar-refractivity contribution is 5.98. The van der Waals surface area contributed by atoms with Crippen LogP contribution in [-0.4, -0.2) is 40.9 Å².